The highest BCUT2D eigenvalue weighted by molar-refractivity contribution is 7.92. The smallest absolute Gasteiger partial charge is 0.244 e. The van der Waals surface area contributed by atoms with Gasteiger partial charge in [-0.15, -0.1) is 0 Å². The number of rotatable bonds is 11. The Balaban J connectivity index is 1.96. The molecule has 208 valence electrons. The molecule has 7 nitrogen and oxygen atoms in total. The molecule has 2 amide bonds. The van der Waals surface area contributed by atoms with E-state index in [4.69, 9.17) is 0 Å². The number of hydrogen-bond donors (Lipinski definition) is 1. The van der Waals surface area contributed by atoms with E-state index >= 15 is 0 Å². The van der Waals surface area contributed by atoms with Crippen molar-refractivity contribution >= 4 is 27.5 Å². The van der Waals surface area contributed by atoms with Gasteiger partial charge >= 0.3 is 0 Å². The van der Waals surface area contributed by atoms with Gasteiger partial charge < -0.3 is 10.2 Å². The summed E-state index contributed by atoms with van der Waals surface area (Å²) in [4.78, 5) is 29.0. The Labute approximate surface area is 228 Å². The number of nitrogens with zero attached hydrogens (tertiary/aromatic N) is 2. The zero-order valence-electron chi connectivity index (χ0n) is 23.4. The van der Waals surface area contributed by atoms with Crippen LogP contribution in [0.5, 0.6) is 0 Å². The summed E-state index contributed by atoms with van der Waals surface area (Å²) in [5.74, 6) is -0.506. The van der Waals surface area contributed by atoms with Gasteiger partial charge in [0, 0.05) is 12.6 Å². The molecule has 8 heteroatoms. The van der Waals surface area contributed by atoms with Crippen LogP contribution in [0.25, 0.3) is 0 Å². The third-order valence-corrected chi connectivity index (χ3v) is 8.41. The fourth-order valence-corrected chi connectivity index (χ4v) is 6.14. The zero-order chi connectivity index (χ0) is 27.9. The lowest BCUT2D eigenvalue weighted by Crippen LogP contribution is -2.54. The van der Waals surface area contributed by atoms with Gasteiger partial charge in [-0.3, -0.25) is 13.9 Å². The molecule has 0 spiro atoms. The second-order valence-electron chi connectivity index (χ2n) is 10.8. The summed E-state index contributed by atoms with van der Waals surface area (Å²) >= 11 is 0. The molecule has 0 aliphatic heterocycles. The highest BCUT2D eigenvalue weighted by Crippen LogP contribution is 2.29. The lowest BCUT2D eigenvalue weighted by molar-refractivity contribution is -0.140. The first-order valence-corrected chi connectivity index (χ1v) is 15.6. The molecule has 1 aliphatic rings. The van der Waals surface area contributed by atoms with Crippen molar-refractivity contribution in [3.63, 3.8) is 0 Å². The Morgan fingerprint density at radius 1 is 1.03 bits per heavy atom. The maximum atomic E-state index is 14.0. The molecule has 2 aromatic rings. The van der Waals surface area contributed by atoms with E-state index in [-0.39, 0.29) is 31.0 Å². The van der Waals surface area contributed by atoms with Crippen molar-refractivity contribution in [1.29, 1.82) is 0 Å². The summed E-state index contributed by atoms with van der Waals surface area (Å²) in [5.41, 5.74) is 3.29. The Bertz CT molecular complexity index is 1210. The third kappa shape index (κ3) is 7.82. The van der Waals surface area contributed by atoms with E-state index in [2.05, 4.69) is 5.32 Å². The minimum Gasteiger partial charge on any atom is -0.352 e. The fraction of sp³-hybridized carbons (Fsp3) is 0.533. The van der Waals surface area contributed by atoms with E-state index in [0.717, 1.165) is 48.6 Å². The highest BCUT2D eigenvalue weighted by atomic mass is 32.2. The van der Waals surface area contributed by atoms with Gasteiger partial charge in [0.25, 0.3) is 0 Å². The van der Waals surface area contributed by atoms with Crippen LogP contribution in [0, 0.1) is 6.92 Å². The molecule has 1 N–H and O–H groups in total. The predicted molar refractivity (Wildman–Crippen MR) is 154 cm³/mol. The number of nitrogens with one attached hydrogen (secondary N) is 1. The topological polar surface area (TPSA) is 86.8 Å². The van der Waals surface area contributed by atoms with E-state index in [0.29, 0.717) is 12.1 Å². The number of aryl methyl sites for hydroxylation is 1. The second-order valence-corrected chi connectivity index (χ2v) is 12.7. The van der Waals surface area contributed by atoms with E-state index in [1.807, 2.05) is 64.1 Å². The highest BCUT2D eigenvalue weighted by Gasteiger charge is 2.33. The molecule has 38 heavy (non-hydrogen) atoms. The molecule has 0 saturated heterocycles. The number of benzene rings is 2. The summed E-state index contributed by atoms with van der Waals surface area (Å²) in [6, 6.07) is 14.5. The predicted octanol–water partition coefficient (Wildman–Crippen LogP) is 5.14. The minimum absolute atomic E-state index is 0.0682. The number of hydrogen-bond acceptors (Lipinski definition) is 4. The molecule has 0 aromatic heterocycles. The fourth-order valence-electron chi connectivity index (χ4n) is 5.27. The van der Waals surface area contributed by atoms with E-state index in [1.165, 1.54) is 10.7 Å². The van der Waals surface area contributed by atoms with E-state index in [1.54, 1.807) is 17.0 Å². The van der Waals surface area contributed by atoms with Crippen molar-refractivity contribution < 1.29 is 18.0 Å². The van der Waals surface area contributed by atoms with Crippen molar-refractivity contribution in [3.05, 3.63) is 65.2 Å². The van der Waals surface area contributed by atoms with Crippen LogP contribution in [0.2, 0.25) is 0 Å². The van der Waals surface area contributed by atoms with Gasteiger partial charge in [0.1, 0.15) is 12.6 Å². The third-order valence-electron chi connectivity index (χ3n) is 7.28. The largest absolute Gasteiger partial charge is 0.352 e. The van der Waals surface area contributed by atoms with E-state index < -0.39 is 22.0 Å². The monoisotopic (exact) mass is 541 g/mol. The number of sulfonamides is 1. The first-order chi connectivity index (χ1) is 18.0. The molecule has 0 radical (unpaired) electrons. The van der Waals surface area contributed by atoms with Gasteiger partial charge in [-0.05, 0) is 49.3 Å². The van der Waals surface area contributed by atoms with Gasteiger partial charge in [-0.25, -0.2) is 8.42 Å². The van der Waals surface area contributed by atoms with Crippen LogP contribution in [0.3, 0.4) is 0 Å². The average molecular weight is 542 g/mol. The Hall–Kier alpha value is -2.87. The van der Waals surface area contributed by atoms with Crippen LogP contribution < -0.4 is 9.62 Å². The average Bonchev–Trinajstić information content (AvgIpc) is 2.87. The van der Waals surface area contributed by atoms with Crippen molar-refractivity contribution in [2.45, 2.75) is 90.8 Å². The van der Waals surface area contributed by atoms with Gasteiger partial charge in [-0.2, -0.15) is 0 Å². The maximum absolute atomic E-state index is 14.0. The van der Waals surface area contributed by atoms with E-state index in [9.17, 15) is 18.0 Å². The van der Waals surface area contributed by atoms with Crippen molar-refractivity contribution in [3.8, 4) is 0 Å². The van der Waals surface area contributed by atoms with Gasteiger partial charge in [0.05, 0.1) is 11.9 Å². The molecule has 3 rings (SSSR count). The number of anilines is 1. The first kappa shape index (κ1) is 29.7. The summed E-state index contributed by atoms with van der Waals surface area (Å²) in [6.45, 7) is 7.71. The van der Waals surface area contributed by atoms with Crippen LogP contribution in [0.4, 0.5) is 5.69 Å². The Morgan fingerprint density at radius 2 is 1.71 bits per heavy atom. The normalized spacial score (nSPS) is 15.2. The Morgan fingerprint density at radius 3 is 2.32 bits per heavy atom. The summed E-state index contributed by atoms with van der Waals surface area (Å²) in [6.07, 6.45) is 6.80. The lowest BCUT2D eigenvalue weighted by Gasteiger charge is -2.34. The minimum atomic E-state index is -3.77. The molecule has 2 aromatic carbocycles. The molecular formula is C30H43N3O4S. The van der Waals surface area contributed by atoms with Crippen LogP contribution in [0.15, 0.2) is 48.5 Å². The molecule has 1 fully saturated rings. The molecule has 0 bridgehead atoms. The number of carbonyl (C=O) groups is 2. The zero-order valence-corrected chi connectivity index (χ0v) is 24.3. The maximum Gasteiger partial charge on any atom is 0.244 e. The van der Waals surface area contributed by atoms with Crippen LogP contribution in [-0.4, -0.2) is 50.0 Å². The summed E-state index contributed by atoms with van der Waals surface area (Å²) < 4.78 is 27.1. The standard InChI is InChI=1S/C30H43N3O4S/c1-6-27(30(35)31-25-15-8-7-9-16-25)32(20-24-14-12-13-23(4)19-24)29(34)21-33(38(5,36)37)28-18-11-10-17-26(28)22(2)3/h10-14,17-19,22,25,27H,6-9,15-16,20-21H2,1-5H3,(H,31,35)/t27-/m1/s1. The molecule has 0 heterocycles. The van der Waals surface area contributed by atoms with Gasteiger partial charge in [0.2, 0.25) is 21.8 Å². The number of amides is 2. The van der Waals surface area contributed by atoms with Crippen molar-refractivity contribution in [1.82, 2.24) is 10.2 Å². The Kier molecular flexibility index (Phi) is 10.4. The second kappa shape index (κ2) is 13.3. The summed E-state index contributed by atoms with van der Waals surface area (Å²) in [5, 5.41) is 3.18. The summed E-state index contributed by atoms with van der Waals surface area (Å²) in [7, 11) is -3.77. The van der Waals surface area contributed by atoms with Gasteiger partial charge in [-0.1, -0.05) is 88.1 Å². The van der Waals surface area contributed by atoms with Crippen LogP contribution in [0.1, 0.15) is 81.9 Å². The molecule has 1 atom stereocenters. The quantitative estimate of drug-likeness (QED) is 0.427. The van der Waals surface area contributed by atoms with Crippen molar-refractivity contribution in [2.24, 2.45) is 0 Å². The van der Waals surface area contributed by atoms with Gasteiger partial charge in [0.15, 0.2) is 0 Å². The number of para-hydroxylation sites is 1. The van der Waals surface area contributed by atoms with Crippen LogP contribution in [-0.2, 0) is 26.2 Å². The van der Waals surface area contributed by atoms with Crippen LogP contribution >= 0.6 is 0 Å². The van der Waals surface area contributed by atoms with Crippen molar-refractivity contribution in [2.75, 3.05) is 17.1 Å². The molecule has 1 aliphatic carbocycles. The molecule has 0 unspecified atom stereocenters. The molecule has 1 saturated carbocycles. The lowest BCUT2D eigenvalue weighted by atomic mass is 9.95. The SMILES string of the molecule is CC[C@H](C(=O)NC1CCCCC1)N(Cc1cccc(C)c1)C(=O)CN(c1ccccc1C(C)C)S(C)(=O)=O. The molecular weight excluding hydrogens is 498 g/mol. The number of carbonyl (C=O) groups excluding carboxylic acids is 2. The first-order valence-electron chi connectivity index (χ1n) is 13.7.